The highest BCUT2D eigenvalue weighted by atomic mass is 79.9. The predicted octanol–water partition coefficient (Wildman–Crippen LogP) is 2.97. The molecule has 0 saturated carbocycles. The summed E-state index contributed by atoms with van der Waals surface area (Å²) in [7, 11) is 1.28. The molecule has 1 amide bonds. The van der Waals surface area contributed by atoms with Crippen molar-refractivity contribution in [3.05, 3.63) is 44.6 Å². The molecule has 104 valence electrons. The predicted molar refractivity (Wildman–Crippen MR) is 79.7 cm³/mol. The third-order valence-electron chi connectivity index (χ3n) is 2.46. The molecule has 20 heavy (non-hydrogen) atoms. The number of carbonyl (C=O) groups excluding carboxylic acids is 2. The van der Waals surface area contributed by atoms with E-state index in [0.29, 0.717) is 20.2 Å². The summed E-state index contributed by atoms with van der Waals surface area (Å²) in [5.41, 5.74) is 0.937. The number of aromatic nitrogens is 2. The smallest absolute Gasteiger partial charge is 0.340 e. The first-order chi connectivity index (χ1) is 9.52. The molecule has 0 saturated heterocycles. The lowest BCUT2D eigenvalue weighted by atomic mass is 10.1. The highest BCUT2D eigenvalue weighted by Gasteiger charge is 2.19. The fourth-order valence-electron chi connectivity index (χ4n) is 1.53. The molecule has 0 atom stereocenters. The molecule has 0 unspecified atom stereocenters. The van der Waals surface area contributed by atoms with E-state index in [-0.39, 0.29) is 11.5 Å². The monoisotopic (exact) mass is 401 g/mol. The maximum absolute atomic E-state index is 12.0. The van der Waals surface area contributed by atoms with E-state index in [9.17, 15) is 9.59 Å². The molecule has 0 aliphatic heterocycles. The van der Waals surface area contributed by atoms with Crippen LogP contribution in [0.4, 0.5) is 5.69 Å². The number of nitrogens with one attached hydrogen (secondary N) is 2. The number of hydrogen-bond donors (Lipinski definition) is 2. The second kappa shape index (κ2) is 6.19. The molecule has 0 bridgehead atoms. The number of nitrogens with zero attached hydrogens (tertiary/aromatic N) is 1. The summed E-state index contributed by atoms with van der Waals surface area (Å²) >= 11 is 6.60. The van der Waals surface area contributed by atoms with Crippen molar-refractivity contribution in [2.75, 3.05) is 12.4 Å². The first-order valence-corrected chi connectivity index (χ1v) is 6.99. The van der Waals surface area contributed by atoms with Crippen molar-refractivity contribution in [3.63, 3.8) is 0 Å². The maximum Gasteiger partial charge on any atom is 0.340 e. The van der Waals surface area contributed by atoms with Gasteiger partial charge in [0.1, 0.15) is 0 Å². The minimum absolute atomic E-state index is 0.241. The van der Waals surface area contributed by atoms with Gasteiger partial charge in [-0.05, 0) is 28.1 Å². The van der Waals surface area contributed by atoms with E-state index >= 15 is 0 Å². The molecular formula is C12H9Br2N3O3. The number of benzene rings is 1. The van der Waals surface area contributed by atoms with Crippen LogP contribution >= 0.6 is 31.9 Å². The third-order valence-corrected chi connectivity index (χ3v) is 3.54. The molecule has 0 radical (unpaired) electrons. The summed E-state index contributed by atoms with van der Waals surface area (Å²) in [6.45, 7) is 0. The van der Waals surface area contributed by atoms with Crippen LogP contribution in [-0.2, 0) is 4.74 Å². The molecule has 6 nitrogen and oxygen atoms in total. The molecule has 8 heteroatoms. The van der Waals surface area contributed by atoms with Crippen LogP contribution < -0.4 is 5.32 Å². The lowest BCUT2D eigenvalue weighted by Gasteiger charge is -2.12. The first-order valence-electron chi connectivity index (χ1n) is 5.40. The maximum atomic E-state index is 12.0. The normalized spacial score (nSPS) is 10.2. The topological polar surface area (TPSA) is 84.1 Å². The molecular weight excluding hydrogens is 394 g/mol. The van der Waals surface area contributed by atoms with Crippen LogP contribution in [0.2, 0.25) is 0 Å². The quantitative estimate of drug-likeness (QED) is 0.773. The van der Waals surface area contributed by atoms with E-state index in [1.165, 1.54) is 19.5 Å². The van der Waals surface area contributed by atoms with E-state index < -0.39 is 5.97 Å². The number of ether oxygens (including phenoxy) is 1. The molecule has 2 N–H and O–H groups in total. The van der Waals surface area contributed by atoms with Gasteiger partial charge in [0.15, 0.2) is 0 Å². The standard InChI is InChI=1S/C12H9Br2N3O3/c1-20-12(19)8-2-7(13)3-9(14)10(8)17-11(18)6-4-15-16-5-6/h2-5H,1H3,(H,15,16)(H,17,18). The highest BCUT2D eigenvalue weighted by Crippen LogP contribution is 2.31. The summed E-state index contributed by atoms with van der Waals surface area (Å²) in [4.78, 5) is 23.8. The van der Waals surface area contributed by atoms with Gasteiger partial charge in [-0.15, -0.1) is 0 Å². The van der Waals surface area contributed by atoms with Gasteiger partial charge in [0.05, 0.1) is 30.1 Å². The van der Waals surface area contributed by atoms with Gasteiger partial charge in [0.2, 0.25) is 0 Å². The number of anilines is 1. The van der Waals surface area contributed by atoms with Gasteiger partial charge < -0.3 is 10.1 Å². The number of amides is 1. The Labute approximate surface area is 131 Å². The zero-order valence-corrected chi connectivity index (χ0v) is 13.4. The summed E-state index contributed by atoms with van der Waals surface area (Å²) in [6, 6.07) is 3.29. The number of carbonyl (C=O) groups is 2. The zero-order valence-electron chi connectivity index (χ0n) is 10.2. The fourth-order valence-corrected chi connectivity index (χ4v) is 2.86. The van der Waals surface area contributed by atoms with Crippen LogP contribution in [0, 0.1) is 0 Å². The van der Waals surface area contributed by atoms with Gasteiger partial charge >= 0.3 is 5.97 Å². The molecule has 1 aromatic carbocycles. The molecule has 1 aromatic heterocycles. The molecule has 0 aliphatic rings. The van der Waals surface area contributed by atoms with Gasteiger partial charge in [0.25, 0.3) is 5.91 Å². The van der Waals surface area contributed by atoms with E-state index in [2.05, 4.69) is 47.4 Å². The van der Waals surface area contributed by atoms with Crippen molar-refractivity contribution in [2.24, 2.45) is 0 Å². The van der Waals surface area contributed by atoms with Crippen LogP contribution in [0.5, 0.6) is 0 Å². The lowest BCUT2D eigenvalue weighted by molar-refractivity contribution is 0.0602. The summed E-state index contributed by atoms with van der Waals surface area (Å²) in [5.74, 6) is -0.929. The van der Waals surface area contributed by atoms with Crippen LogP contribution in [0.1, 0.15) is 20.7 Å². The highest BCUT2D eigenvalue weighted by molar-refractivity contribution is 9.11. The Kier molecular flexibility index (Phi) is 4.56. The number of halogens is 2. The Morgan fingerprint density at radius 2 is 2.10 bits per heavy atom. The molecule has 2 rings (SSSR count). The van der Waals surface area contributed by atoms with Gasteiger partial charge in [0, 0.05) is 15.1 Å². The Morgan fingerprint density at radius 1 is 1.35 bits per heavy atom. The van der Waals surface area contributed by atoms with Crippen LogP contribution in [0.25, 0.3) is 0 Å². The Balaban J connectivity index is 2.40. The Morgan fingerprint density at radius 3 is 2.70 bits per heavy atom. The van der Waals surface area contributed by atoms with Crippen molar-refractivity contribution >= 4 is 49.4 Å². The number of H-pyrrole nitrogens is 1. The van der Waals surface area contributed by atoms with Crippen molar-refractivity contribution in [1.82, 2.24) is 10.2 Å². The van der Waals surface area contributed by atoms with Crippen LogP contribution in [0.3, 0.4) is 0 Å². The third kappa shape index (κ3) is 3.07. The largest absolute Gasteiger partial charge is 0.465 e. The zero-order chi connectivity index (χ0) is 14.7. The van der Waals surface area contributed by atoms with Crippen LogP contribution in [-0.4, -0.2) is 29.2 Å². The Bertz CT molecular complexity index is 656. The summed E-state index contributed by atoms with van der Waals surface area (Å²) < 4.78 is 5.95. The van der Waals surface area contributed by atoms with Crippen molar-refractivity contribution in [2.45, 2.75) is 0 Å². The number of hydrogen-bond acceptors (Lipinski definition) is 4. The Hall–Kier alpha value is -1.67. The first kappa shape index (κ1) is 14.7. The van der Waals surface area contributed by atoms with E-state index in [0.717, 1.165) is 0 Å². The van der Waals surface area contributed by atoms with Gasteiger partial charge in [-0.3, -0.25) is 9.89 Å². The second-order valence-electron chi connectivity index (χ2n) is 3.74. The number of rotatable bonds is 3. The van der Waals surface area contributed by atoms with Crippen molar-refractivity contribution in [3.8, 4) is 0 Å². The van der Waals surface area contributed by atoms with Gasteiger partial charge in [-0.2, -0.15) is 5.10 Å². The average Bonchev–Trinajstić information content (AvgIpc) is 2.94. The molecule has 0 fully saturated rings. The molecule has 0 spiro atoms. The van der Waals surface area contributed by atoms with Gasteiger partial charge in [-0.1, -0.05) is 15.9 Å². The SMILES string of the molecule is COC(=O)c1cc(Br)cc(Br)c1NC(=O)c1cn[nH]c1. The summed E-state index contributed by atoms with van der Waals surface area (Å²) in [5, 5.41) is 8.90. The fraction of sp³-hybridized carbons (Fsp3) is 0.0833. The number of esters is 1. The van der Waals surface area contributed by atoms with Gasteiger partial charge in [-0.25, -0.2) is 4.79 Å². The van der Waals surface area contributed by atoms with E-state index in [1.807, 2.05) is 0 Å². The summed E-state index contributed by atoms with van der Waals surface area (Å²) in [6.07, 6.45) is 2.85. The average molecular weight is 403 g/mol. The van der Waals surface area contributed by atoms with Crippen LogP contribution in [0.15, 0.2) is 33.5 Å². The van der Waals surface area contributed by atoms with E-state index in [4.69, 9.17) is 4.74 Å². The lowest BCUT2D eigenvalue weighted by Crippen LogP contribution is -2.15. The van der Waals surface area contributed by atoms with Crippen molar-refractivity contribution < 1.29 is 14.3 Å². The molecule has 2 aromatic rings. The molecule has 0 aliphatic carbocycles. The number of methoxy groups -OCH3 is 1. The minimum atomic E-state index is -0.547. The van der Waals surface area contributed by atoms with Crippen molar-refractivity contribution in [1.29, 1.82) is 0 Å². The molecule has 1 heterocycles. The van der Waals surface area contributed by atoms with E-state index in [1.54, 1.807) is 12.1 Å². The second-order valence-corrected chi connectivity index (χ2v) is 5.51. The number of aromatic amines is 1. The minimum Gasteiger partial charge on any atom is -0.465 e.